The quantitative estimate of drug-likeness (QED) is 0.438. The molecule has 1 amide bonds. The number of likely N-dealkylation sites (tertiary alicyclic amines) is 1. The molecule has 0 radical (unpaired) electrons. The maximum Gasteiger partial charge on any atom is 0.256 e. The predicted molar refractivity (Wildman–Crippen MR) is 133 cm³/mol. The molecule has 2 rings (SSSR count). The summed E-state index contributed by atoms with van der Waals surface area (Å²) in [7, 11) is 0. The molecule has 1 aromatic carbocycles. The first-order chi connectivity index (χ1) is 15.1. The van der Waals surface area contributed by atoms with Crippen molar-refractivity contribution in [2.24, 2.45) is 23.7 Å². The maximum atomic E-state index is 13.3. The molecular formula is C27H46N2O3. The van der Waals surface area contributed by atoms with Crippen LogP contribution in [0.15, 0.2) is 24.3 Å². The number of benzene rings is 1. The maximum absolute atomic E-state index is 13.3. The molecule has 0 aliphatic carbocycles. The first-order valence-corrected chi connectivity index (χ1v) is 12.5. The second-order valence-corrected chi connectivity index (χ2v) is 10.7. The lowest BCUT2D eigenvalue weighted by atomic mass is 9.83. The van der Waals surface area contributed by atoms with E-state index in [1.165, 1.54) is 6.42 Å². The number of nitrogens with zero attached hydrogens (tertiary/aromatic N) is 1. The Kier molecular flexibility index (Phi) is 10.5. The number of carbonyl (C=O) groups excluding carboxylic acids is 1. The highest BCUT2D eigenvalue weighted by molar-refractivity contribution is 5.97. The van der Waals surface area contributed by atoms with Gasteiger partial charge in [-0.2, -0.15) is 0 Å². The van der Waals surface area contributed by atoms with E-state index in [0.717, 1.165) is 42.9 Å². The summed E-state index contributed by atoms with van der Waals surface area (Å²) in [5, 5.41) is 3.10. The Labute approximate surface area is 196 Å². The van der Waals surface area contributed by atoms with E-state index in [-0.39, 0.29) is 5.91 Å². The molecule has 0 spiro atoms. The van der Waals surface area contributed by atoms with E-state index in [0.29, 0.717) is 37.9 Å². The highest BCUT2D eigenvalue weighted by Crippen LogP contribution is 2.31. The molecule has 1 heterocycles. The molecule has 1 N–H and O–H groups in total. The molecular weight excluding hydrogens is 400 g/mol. The number of piperidine rings is 1. The summed E-state index contributed by atoms with van der Waals surface area (Å²) in [4.78, 5) is 15.8. The second kappa shape index (κ2) is 12.6. The van der Waals surface area contributed by atoms with Gasteiger partial charge in [0, 0.05) is 31.9 Å². The summed E-state index contributed by atoms with van der Waals surface area (Å²) in [5.41, 5.74) is -0.0211. The molecule has 1 saturated heterocycles. The lowest BCUT2D eigenvalue weighted by Crippen LogP contribution is -2.47. The molecule has 0 aromatic heterocycles. The van der Waals surface area contributed by atoms with Gasteiger partial charge >= 0.3 is 0 Å². The van der Waals surface area contributed by atoms with Gasteiger partial charge in [0.2, 0.25) is 0 Å². The minimum atomic E-state index is -0.797. The lowest BCUT2D eigenvalue weighted by Gasteiger charge is -2.35. The largest absolute Gasteiger partial charge is 0.492 e. The van der Waals surface area contributed by atoms with Crippen molar-refractivity contribution in [1.29, 1.82) is 0 Å². The molecule has 1 fully saturated rings. The molecule has 182 valence electrons. The number of rotatable bonds is 12. The van der Waals surface area contributed by atoms with Gasteiger partial charge in [-0.25, -0.2) is 0 Å². The molecule has 5 nitrogen and oxygen atoms in total. The fourth-order valence-electron chi connectivity index (χ4n) is 5.19. The minimum absolute atomic E-state index is 0.0521. The molecule has 0 bridgehead atoms. The number of carbonyl (C=O) groups is 1. The zero-order chi connectivity index (χ0) is 23.7. The number of hydrogen-bond acceptors (Lipinski definition) is 4. The zero-order valence-corrected chi connectivity index (χ0v) is 21.4. The fraction of sp³-hybridized carbons (Fsp3) is 0.741. The van der Waals surface area contributed by atoms with Crippen LogP contribution in [0.4, 0.5) is 5.69 Å². The third-order valence-corrected chi connectivity index (χ3v) is 6.04. The summed E-state index contributed by atoms with van der Waals surface area (Å²) in [5.74, 6) is 3.04. The Morgan fingerprint density at radius 2 is 1.62 bits per heavy atom. The van der Waals surface area contributed by atoms with Gasteiger partial charge in [0.05, 0.1) is 0 Å². The van der Waals surface area contributed by atoms with Crippen LogP contribution >= 0.6 is 0 Å². The van der Waals surface area contributed by atoms with Crippen molar-refractivity contribution in [3.05, 3.63) is 24.3 Å². The van der Waals surface area contributed by atoms with Crippen LogP contribution in [0, 0.1) is 23.7 Å². The fourth-order valence-corrected chi connectivity index (χ4v) is 5.19. The third kappa shape index (κ3) is 8.40. The number of ether oxygens (including phenoxy) is 2. The number of amides is 1. The average molecular weight is 447 g/mol. The Hall–Kier alpha value is -1.59. The SMILES string of the molecule is CCOC(CC(C)C)(CC(C)C)C(=O)Nc1ccc(OCCN2CC(C)CC(C)C2)cc1. The Bertz CT molecular complexity index is 667. The van der Waals surface area contributed by atoms with Gasteiger partial charge in [-0.3, -0.25) is 9.69 Å². The van der Waals surface area contributed by atoms with Gasteiger partial charge in [0.15, 0.2) is 0 Å². The first kappa shape index (κ1) is 26.7. The van der Waals surface area contributed by atoms with Crippen LogP contribution in [0.2, 0.25) is 0 Å². The van der Waals surface area contributed by atoms with Gasteiger partial charge in [-0.15, -0.1) is 0 Å². The van der Waals surface area contributed by atoms with Gasteiger partial charge in [-0.05, 0) is 74.1 Å². The molecule has 32 heavy (non-hydrogen) atoms. The van der Waals surface area contributed by atoms with E-state index >= 15 is 0 Å². The Morgan fingerprint density at radius 3 is 2.12 bits per heavy atom. The van der Waals surface area contributed by atoms with E-state index in [2.05, 4.69) is 51.8 Å². The number of nitrogens with one attached hydrogen (secondary N) is 1. The summed E-state index contributed by atoms with van der Waals surface area (Å²) in [6.07, 6.45) is 2.74. The van der Waals surface area contributed by atoms with Crippen LogP contribution in [-0.2, 0) is 9.53 Å². The van der Waals surface area contributed by atoms with Crippen molar-refractivity contribution in [3.8, 4) is 5.75 Å². The van der Waals surface area contributed by atoms with Crippen LogP contribution < -0.4 is 10.1 Å². The molecule has 1 aromatic rings. The molecule has 2 unspecified atom stereocenters. The first-order valence-electron chi connectivity index (χ1n) is 12.5. The van der Waals surface area contributed by atoms with E-state index < -0.39 is 5.60 Å². The molecule has 1 aliphatic heterocycles. The van der Waals surface area contributed by atoms with Crippen molar-refractivity contribution in [2.45, 2.75) is 73.3 Å². The lowest BCUT2D eigenvalue weighted by molar-refractivity contribution is -0.146. The van der Waals surface area contributed by atoms with E-state index in [1.807, 2.05) is 31.2 Å². The average Bonchev–Trinajstić information content (AvgIpc) is 2.67. The summed E-state index contributed by atoms with van der Waals surface area (Å²) < 4.78 is 12.1. The van der Waals surface area contributed by atoms with Gasteiger partial charge in [-0.1, -0.05) is 41.5 Å². The van der Waals surface area contributed by atoms with Crippen LogP contribution in [0.3, 0.4) is 0 Å². The molecule has 0 saturated carbocycles. The van der Waals surface area contributed by atoms with Crippen LogP contribution in [0.1, 0.15) is 67.7 Å². The van der Waals surface area contributed by atoms with Crippen molar-refractivity contribution in [2.75, 3.05) is 38.2 Å². The Morgan fingerprint density at radius 1 is 1.06 bits per heavy atom. The predicted octanol–water partition coefficient (Wildman–Crippen LogP) is 5.85. The molecule has 2 atom stereocenters. The van der Waals surface area contributed by atoms with Crippen LogP contribution in [-0.4, -0.2) is 49.3 Å². The van der Waals surface area contributed by atoms with E-state index in [9.17, 15) is 4.79 Å². The van der Waals surface area contributed by atoms with Crippen molar-refractivity contribution >= 4 is 11.6 Å². The van der Waals surface area contributed by atoms with Gasteiger partial charge in [0.25, 0.3) is 5.91 Å². The second-order valence-electron chi connectivity index (χ2n) is 10.7. The van der Waals surface area contributed by atoms with Crippen molar-refractivity contribution < 1.29 is 14.3 Å². The zero-order valence-electron chi connectivity index (χ0n) is 21.4. The standard InChI is InChI=1S/C27H46N2O3/c1-8-32-27(16-20(2)3,17-21(4)5)26(30)28-24-9-11-25(12-10-24)31-14-13-29-18-22(6)15-23(7)19-29/h9-12,20-23H,8,13-19H2,1-7H3,(H,28,30). The highest BCUT2D eigenvalue weighted by Gasteiger charge is 2.40. The van der Waals surface area contributed by atoms with Gasteiger partial charge < -0.3 is 14.8 Å². The van der Waals surface area contributed by atoms with E-state index in [1.54, 1.807) is 0 Å². The summed E-state index contributed by atoms with van der Waals surface area (Å²) >= 11 is 0. The van der Waals surface area contributed by atoms with Crippen molar-refractivity contribution in [1.82, 2.24) is 4.90 Å². The topological polar surface area (TPSA) is 50.8 Å². The van der Waals surface area contributed by atoms with Crippen LogP contribution in [0.25, 0.3) is 0 Å². The molecule has 1 aliphatic rings. The number of anilines is 1. The third-order valence-electron chi connectivity index (χ3n) is 6.04. The monoisotopic (exact) mass is 446 g/mol. The van der Waals surface area contributed by atoms with E-state index in [4.69, 9.17) is 9.47 Å². The normalized spacial score (nSPS) is 20.0. The minimum Gasteiger partial charge on any atom is -0.492 e. The van der Waals surface area contributed by atoms with Crippen LogP contribution in [0.5, 0.6) is 5.75 Å². The summed E-state index contributed by atoms with van der Waals surface area (Å²) in [6, 6.07) is 7.70. The van der Waals surface area contributed by atoms with Crippen molar-refractivity contribution in [3.63, 3.8) is 0 Å². The smallest absolute Gasteiger partial charge is 0.256 e. The Balaban J connectivity index is 1.93. The molecule has 5 heteroatoms. The number of hydrogen-bond donors (Lipinski definition) is 1. The highest BCUT2D eigenvalue weighted by atomic mass is 16.5. The van der Waals surface area contributed by atoms with Gasteiger partial charge in [0.1, 0.15) is 18.0 Å². The summed E-state index contributed by atoms with van der Waals surface area (Å²) in [6.45, 7) is 19.6.